The predicted octanol–water partition coefficient (Wildman–Crippen LogP) is 3.03. The number of hydrogen-bond donors (Lipinski definition) is 2. The summed E-state index contributed by atoms with van der Waals surface area (Å²) in [5, 5.41) is 7.18. The van der Waals surface area contributed by atoms with E-state index in [-0.39, 0.29) is 5.91 Å². The van der Waals surface area contributed by atoms with Crippen molar-refractivity contribution in [3.05, 3.63) is 66.4 Å². The van der Waals surface area contributed by atoms with Gasteiger partial charge in [-0.2, -0.15) is 0 Å². The molecule has 0 unspecified atom stereocenters. The Morgan fingerprint density at radius 3 is 2.93 bits per heavy atom. The molecule has 1 fully saturated rings. The summed E-state index contributed by atoms with van der Waals surface area (Å²) in [6.45, 7) is 1.28. The van der Waals surface area contributed by atoms with Gasteiger partial charge in [0.1, 0.15) is 12.1 Å². The van der Waals surface area contributed by atoms with E-state index in [1.807, 2.05) is 47.1 Å². The van der Waals surface area contributed by atoms with Crippen molar-refractivity contribution in [2.45, 2.75) is 19.4 Å². The first-order chi connectivity index (χ1) is 13.8. The summed E-state index contributed by atoms with van der Waals surface area (Å²) in [5.41, 5.74) is 3.20. The first-order valence-electron chi connectivity index (χ1n) is 9.46. The van der Waals surface area contributed by atoms with Gasteiger partial charge >= 0.3 is 0 Å². The van der Waals surface area contributed by atoms with Gasteiger partial charge in [0.05, 0.1) is 16.5 Å². The normalized spacial score (nSPS) is 13.7. The van der Waals surface area contributed by atoms with Crippen molar-refractivity contribution >= 4 is 28.3 Å². The topological polar surface area (TPSA) is 84.2 Å². The second-order valence-corrected chi connectivity index (χ2v) is 7.12. The van der Waals surface area contributed by atoms with Gasteiger partial charge in [0.25, 0.3) is 5.91 Å². The number of pyridine rings is 2. The van der Waals surface area contributed by atoms with Crippen molar-refractivity contribution in [3.63, 3.8) is 0 Å². The molecular weight excluding hydrogens is 352 g/mol. The van der Waals surface area contributed by atoms with Crippen molar-refractivity contribution in [2.75, 3.05) is 11.9 Å². The molecule has 5 rings (SSSR count). The number of carbonyl (C=O) groups excluding carboxylic acids is 1. The fourth-order valence-corrected chi connectivity index (χ4v) is 3.45. The molecule has 0 atom stereocenters. The molecule has 28 heavy (non-hydrogen) atoms. The largest absolute Gasteiger partial charge is 0.365 e. The van der Waals surface area contributed by atoms with Gasteiger partial charge < -0.3 is 15.0 Å². The van der Waals surface area contributed by atoms with E-state index in [1.54, 1.807) is 6.20 Å². The third-order valence-electron chi connectivity index (χ3n) is 5.08. The van der Waals surface area contributed by atoms with E-state index in [9.17, 15) is 4.79 Å². The second kappa shape index (κ2) is 6.92. The molecule has 0 spiro atoms. The van der Waals surface area contributed by atoms with Crippen molar-refractivity contribution < 1.29 is 4.79 Å². The lowest BCUT2D eigenvalue weighted by Crippen LogP contribution is -2.25. The Morgan fingerprint density at radius 1 is 1.18 bits per heavy atom. The lowest BCUT2D eigenvalue weighted by molar-refractivity contribution is 0.0955. The maximum absolute atomic E-state index is 13.1. The number of hydrogen-bond acceptors (Lipinski definition) is 5. The van der Waals surface area contributed by atoms with Gasteiger partial charge in [-0.1, -0.05) is 12.1 Å². The molecule has 1 aliphatic carbocycles. The van der Waals surface area contributed by atoms with E-state index in [0.717, 1.165) is 28.7 Å². The molecular formula is C21H20N6O. The highest BCUT2D eigenvalue weighted by atomic mass is 16.1. The van der Waals surface area contributed by atoms with Crippen molar-refractivity contribution in [1.82, 2.24) is 24.7 Å². The lowest BCUT2D eigenvalue weighted by Gasteiger charge is -2.08. The van der Waals surface area contributed by atoms with Crippen LogP contribution in [0.2, 0.25) is 0 Å². The zero-order valence-corrected chi connectivity index (χ0v) is 15.3. The van der Waals surface area contributed by atoms with Crippen molar-refractivity contribution in [3.8, 4) is 0 Å². The minimum absolute atomic E-state index is 0.0789. The molecule has 7 heteroatoms. The Morgan fingerprint density at radius 2 is 2.11 bits per heavy atom. The standard InChI is InChI=1S/C21H20N6O/c28-21(24-11-14-6-7-14)17-16-5-1-2-9-27(16)20-18(17)19(25-13-26-20)23-12-15-4-3-8-22-10-15/h1-5,8-10,13-14H,6-7,11-12H2,(H,24,28)(H,23,25,26). The van der Waals surface area contributed by atoms with Crippen LogP contribution in [-0.4, -0.2) is 31.8 Å². The summed E-state index contributed by atoms with van der Waals surface area (Å²) in [7, 11) is 0. The molecule has 7 nitrogen and oxygen atoms in total. The third kappa shape index (κ3) is 3.05. The van der Waals surface area contributed by atoms with E-state index in [1.165, 1.54) is 19.2 Å². The van der Waals surface area contributed by atoms with Crippen molar-refractivity contribution in [2.24, 2.45) is 5.92 Å². The second-order valence-electron chi connectivity index (χ2n) is 7.12. The Kier molecular flexibility index (Phi) is 4.12. The van der Waals surface area contributed by atoms with Crippen LogP contribution >= 0.6 is 0 Å². The van der Waals surface area contributed by atoms with E-state index in [4.69, 9.17) is 0 Å². The molecule has 1 amide bonds. The van der Waals surface area contributed by atoms with E-state index in [0.29, 0.717) is 23.8 Å². The summed E-state index contributed by atoms with van der Waals surface area (Å²) in [5.74, 6) is 1.18. The van der Waals surface area contributed by atoms with Crippen LogP contribution < -0.4 is 10.6 Å². The molecule has 4 heterocycles. The molecule has 1 aliphatic rings. The lowest BCUT2D eigenvalue weighted by atomic mass is 10.1. The molecule has 0 aliphatic heterocycles. The number of amides is 1. The van der Waals surface area contributed by atoms with Crippen LogP contribution in [0.25, 0.3) is 16.6 Å². The number of nitrogens with one attached hydrogen (secondary N) is 2. The van der Waals surface area contributed by atoms with Gasteiger partial charge in [-0.25, -0.2) is 9.97 Å². The van der Waals surface area contributed by atoms with Gasteiger partial charge in [0.2, 0.25) is 0 Å². The molecule has 0 radical (unpaired) electrons. The van der Waals surface area contributed by atoms with Crippen LogP contribution in [-0.2, 0) is 6.54 Å². The minimum atomic E-state index is -0.0789. The van der Waals surface area contributed by atoms with Gasteiger partial charge in [-0.3, -0.25) is 9.78 Å². The maximum Gasteiger partial charge on any atom is 0.254 e. The van der Waals surface area contributed by atoms with Crippen LogP contribution in [0, 0.1) is 5.92 Å². The zero-order valence-electron chi connectivity index (χ0n) is 15.3. The molecule has 1 saturated carbocycles. The number of nitrogens with zero attached hydrogens (tertiary/aromatic N) is 4. The fourth-order valence-electron chi connectivity index (χ4n) is 3.45. The molecule has 4 aromatic heterocycles. The van der Waals surface area contributed by atoms with E-state index < -0.39 is 0 Å². The van der Waals surface area contributed by atoms with Gasteiger partial charge in [-0.05, 0) is 42.5 Å². The smallest absolute Gasteiger partial charge is 0.254 e. The minimum Gasteiger partial charge on any atom is -0.365 e. The monoisotopic (exact) mass is 372 g/mol. The molecule has 0 saturated heterocycles. The third-order valence-corrected chi connectivity index (χ3v) is 5.08. The van der Waals surface area contributed by atoms with E-state index in [2.05, 4.69) is 25.6 Å². The Balaban J connectivity index is 1.59. The number of rotatable bonds is 6. The van der Waals surface area contributed by atoms with Crippen LogP contribution in [0.15, 0.2) is 55.2 Å². The first-order valence-corrected chi connectivity index (χ1v) is 9.46. The van der Waals surface area contributed by atoms with E-state index >= 15 is 0 Å². The zero-order chi connectivity index (χ0) is 18.9. The SMILES string of the molecule is O=C(NCC1CC1)c1c2c(NCc3cccnc3)ncnc2n2ccccc12. The summed E-state index contributed by atoms with van der Waals surface area (Å²) >= 11 is 0. The van der Waals surface area contributed by atoms with Crippen LogP contribution in [0.1, 0.15) is 28.8 Å². The quantitative estimate of drug-likeness (QED) is 0.543. The summed E-state index contributed by atoms with van der Waals surface area (Å²) in [6, 6.07) is 9.71. The average molecular weight is 372 g/mol. The molecule has 4 aromatic rings. The number of carbonyl (C=O) groups is 1. The van der Waals surface area contributed by atoms with Crippen molar-refractivity contribution in [1.29, 1.82) is 0 Å². The number of fused-ring (bicyclic) bond motifs is 3. The Bertz CT molecular complexity index is 1150. The van der Waals surface area contributed by atoms with Gasteiger partial charge in [-0.15, -0.1) is 0 Å². The first kappa shape index (κ1) is 16.7. The summed E-state index contributed by atoms with van der Waals surface area (Å²) in [6.07, 6.45) is 9.39. The molecule has 2 N–H and O–H groups in total. The fraction of sp³-hybridized carbons (Fsp3) is 0.238. The van der Waals surface area contributed by atoms with Crippen LogP contribution in [0.4, 0.5) is 5.82 Å². The summed E-state index contributed by atoms with van der Waals surface area (Å²) < 4.78 is 1.94. The maximum atomic E-state index is 13.1. The highest BCUT2D eigenvalue weighted by Gasteiger charge is 2.25. The van der Waals surface area contributed by atoms with Crippen LogP contribution in [0.3, 0.4) is 0 Å². The highest BCUT2D eigenvalue weighted by Crippen LogP contribution is 2.31. The Hall–Kier alpha value is -3.48. The summed E-state index contributed by atoms with van der Waals surface area (Å²) in [4.78, 5) is 26.1. The highest BCUT2D eigenvalue weighted by molar-refractivity contribution is 6.16. The van der Waals surface area contributed by atoms with Crippen LogP contribution in [0.5, 0.6) is 0 Å². The number of aromatic nitrogens is 4. The average Bonchev–Trinajstić information content (AvgIpc) is 3.51. The Labute approximate surface area is 161 Å². The molecule has 140 valence electrons. The predicted molar refractivity (Wildman–Crippen MR) is 107 cm³/mol. The van der Waals surface area contributed by atoms with Gasteiger partial charge in [0, 0.05) is 31.7 Å². The molecule has 0 bridgehead atoms. The number of anilines is 1. The molecule has 0 aromatic carbocycles. The van der Waals surface area contributed by atoms with Gasteiger partial charge in [0.15, 0.2) is 5.65 Å².